The smallest absolute Gasteiger partial charge is 0.264 e. The molecule has 0 spiro atoms. The number of carbonyl (C=O) groups is 1. The highest BCUT2D eigenvalue weighted by atomic mass is 32.2. The number of anilines is 2. The number of amides is 1. The van der Waals surface area contributed by atoms with Crippen LogP contribution in [0.5, 0.6) is 5.75 Å². The summed E-state index contributed by atoms with van der Waals surface area (Å²) < 4.78 is 32.4. The molecule has 3 aromatic carbocycles. The van der Waals surface area contributed by atoms with E-state index in [9.17, 15) is 13.2 Å². The maximum Gasteiger partial charge on any atom is 0.264 e. The predicted octanol–water partition coefficient (Wildman–Crippen LogP) is 3.93. The molecule has 31 heavy (non-hydrogen) atoms. The number of sulfonamides is 1. The van der Waals surface area contributed by atoms with Crippen LogP contribution in [0.25, 0.3) is 0 Å². The number of benzene rings is 3. The van der Waals surface area contributed by atoms with Crippen LogP contribution in [0.15, 0.2) is 77.7 Å². The largest absolute Gasteiger partial charge is 0.495 e. The van der Waals surface area contributed by atoms with E-state index in [4.69, 9.17) is 17.0 Å². The van der Waals surface area contributed by atoms with Gasteiger partial charge in [-0.15, -0.1) is 0 Å². The number of ether oxygens (including phenoxy) is 1. The van der Waals surface area contributed by atoms with Gasteiger partial charge in [0.25, 0.3) is 15.9 Å². The third-order valence-electron chi connectivity index (χ3n) is 4.29. The van der Waals surface area contributed by atoms with Crippen LogP contribution < -0.4 is 20.1 Å². The minimum atomic E-state index is -4.01. The highest BCUT2D eigenvalue weighted by Crippen LogP contribution is 2.25. The van der Waals surface area contributed by atoms with Crippen LogP contribution in [-0.4, -0.2) is 26.5 Å². The lowest BCUT2D eigenvalue weighted by Gasteiger charge is -2.14. The van der Waals surface area contributed by atoms with Crippen LogP contribution in [0.2, 0.25) is 0 Å². The van der Waals surface area contributed by atoms with Crippen LogP contribution in [-0.2, 0) is 10.0 Å². The van der Waals surface area contributed by atoms with Crippen LogP contribution in [0.4, 0.5) is 11.4 Å². The van der Waals surface area contributed by atoms with Crippen LogP contribution >= 0.6 is 12.2 Å². The molecule has 1 amide bonds. The topological polar surface area (TPSA) is 96.5 Å². The molecule has 0 saturated heterocycles. The van der Waals surface area contributed by atoms with Gasteiger partial charge in [0, 0.05) is 11.3 Å². The zero-order valence-corrected chi connectivity index (χ0v) is 18.5. The van der Waals surface area contributed by atoms with Gasteiger partial charge in [0.15, 0.2) is 5.11 Å². The molecule has 3 N–H and O–H groups in total. The molecule has 3 aromatic rings. The van der Waals surface area contributed by atoms with E-state index in [-0.39, 0.29) is 10.5 Å². The molecule has 0 aliphatic rings. The first kappa shape index (κ1) is 22.3. The van der Waals surface area contributed by atoms with Crippen molar-refractivity contribution in [2.45, 2.75) is 11.8 Å². The molecular weight excluding hydrogens is 434 g/mol. The van der Waals surface area contributed by atoms with Crippen LogP contribution in [0, 0.1) is 6.92 Å². The molecule has 0 unspecified atom stereocenters. The summed E-state index contributed by atoms with van der Waals surface area (Å²) in [6, 6.07) is 19.7. The van der Waals surface area contributed by atoms with E-state index in [1.165, 1.54) is 24.3 Å². The van der Waals surface area contributed by atoms with Gasteiger partial charge in [0.1, 0.15) is 5.75 Å². The fraction of sp³-hybridized carbons (Fsp3) is 0.0909. The molecule has 7 nitrogen and oxygen atoms in total. The lowest BCUT2D eigenvalue weighted by atomic mass is 10.2. The summed E-state index contributed by atoms with van der Waals surface area (Å²) in [7, 11) is -2.44. The molecule has 0 bridgehead atoms. The second-order valence-corrected chi connectivity index (χ2v) is 8.70. The Morgan fingerprint density at radius 1 is 0.935 bits per heavy atom. The van der Waals surface area contributed by atoms with Crippen molar-refractivity contribution in [1.82, 2.24) is 4.72 Å². The van der Waals surface area contributed by atoms with Gasteiger partial charge in [-0.2, -0.15) is 0 Å². The summed E-state index contributed by atoms with van der Waals surface area (Å²) in [5.41, 5.74) is 2.59. The Kier molecular flexibility index (Phi) is 6.88. The average molecular weight is 456 g/mol. The first-order chi connectivity index (χ1) is 14.8. The zero-order valence-electron chi connectivity index (χ0n) is 16.9. The maximum atomic E-state index is 12.5. The number of rotatable bonds is 6. The van der Waals surface area contributed by atoms with Gasteiger partial charge >= 0.3 is 0 Å². The Balaban J connectivity index is 1.66. The van der Waals surface area contributed by atoms with Gasteiger partial charge in [-0.25, -0.2) is 13.1 Å². The summed E-state index contributed by atoms with van der Waals surface area (Å²) in [5, 5.41) is 6.37. The molecule has 0 fully saturated rings. The number of hydrogen-bond donors (Lipinski definition) is 3. The van der Waals surface area contributed by atoms with Crippen molar-refractivity contribution < 1.29 is 17.9 Å². The lowest BCUT2D eigenvalue weighted by Crippen LogP contribution is -2.30. The van der Waals surface area contributed by atoms with E-state index in [1.807, 2.05) is 25.1 Å². The van der Waals surface area contributed by atoms with Gasteiger partial charge in [-0.3, -0.25) is 4.79 Å². The normalized spacial score (nSPS) is 10.8. The molecule has 0 atom stereocenters. The lowest BCUT2D eigenvalue weighted by molar-refractivity contribution is 0.0981. The van der Waals surface area contributed by atoms with E-state index >= 15 is 0 Å². The minimum Gasteiger partial charge on any atom is -0.495 e. The van der Waals surface area contributed by atoms with E-state index in [1.54, 1.807) is 37.4 Å². The molecule has 0 saturated carbocycles. The Morgan fingerprint density at radius 3 is 2.26 bits per heavy atom. The molecule has 0 aliphatic heterocycles. The minimum absolute atomic E-state index is 0.0402. The summed E-state index contributed by atoms with van der Waals surface area (Å²) in [5.74, 6) is -0.0503. The van der Waals surface area contributed by atoms with Crippen molar-refractivity contribution in [1.29, 1.82) is 0 Å². The molecular formula is C22H21N3O4S2. The molecule has 3 rings (SSSR count). The first-order valence-electron chi connectivity index (χ1n) is 9.23. The van der Waals surface area contributed by atoms with Gasteiger partial charge in [0.05, 0.1) is 17.7 Å². The van der Waals surface area contributed by atoms with Crippen molar-refractivity contribution in [3.05, 3.63) is 83.9 Å². The third kappa shape index (κ3) is 5.80. The second-order valence-electron chi connectivity index (χ2n) is 6.61. The number of carbonyl (C=O) groups excluding carboxylic acids is 1. The first-order valence-corrected chi connectivity index (χ1v) is 11.1. The highest BCUT2D eigenvalue weighted by molar-refractivity contribution is 7.90. The zero-order chi connectivity index (χ0) is 22.4. The molecule has 160 valence electrons. The van der Waals surface area contributed by atoms with Crippen molar-refractivity contribution in [3.8, 4) is 5.75 Å². The number of aryl methyl sites for hydroxylation is 1. The van der Waals surface area contributed by atoms with Gasteiger partial charge < -0.3 is 15.4 Å². The standard InChI is InChI=1S/C22H21N3O4S2/c1-15-8-13-20(29-2)19(14-15)24-22(30)23-17-9-11-18(12-10-17)31(27,28)25-21(26)16-6-4-3-5-7-16/h3-14H,1-2H3,(H,25,26)(H2,23,24,30). The second kappa shape index (κ2) is 9.59. The third-order valence-corrected chi connectivity index (χ3v) is 5.84. The Hall–Kier alpha value is -3.43. The van der Waals surface area contributed by atoms with Crippen molar-refractivity contribution in [2.24, 2.45) is 0 Å². The summed E-state index contributed by atoms with van der Waals surface area (Å²) >= 11 is 5.33. The monoisotopic (exact) mass is 455 g/mol. The SMILES string of the molecule is COc1ccc(C)cc1NC(=S)Nc1ccc(S(=O)(=O)NC(=O)c2ccccc2)cc1. The quantitative estimate of drug-likeness (QED) is 0.485. The molecule has 0 aliphatic carbocycles. The maximum absolute atomic E-state index is 12.5. The van der Waals surface area contributed by atoms with Crippen LogP contribution in [0.3, 0.4) is 0 Å². The van der Waals surface area contributed by atoms with E-state index < -0.39 is 15.9 Å². The van der Waals surface area contributed by atoms with Gasteiger partial charge in [-0.1, -0.05) is 24.3 Å². The molecule has 0 heterocycles. The average Bonchev–Trinajstić information content (AvgIpc) is 2.74. The summed E-state index contributed by atoms with van der Waals surface area (Å²) in [4.78, 5) is 12.1. The van der Waals surface area contributed by atoms with Crippen molar-refractivity contribution in [2.75, 3.05) is 17.7 Å². The Morgan fingerprint density at radius 2 is 1.61 bits per heavy atom. The van der Waals surface area contributed by atoms with Gasteiger partial charge in [-0.05, 0) is 73.2 Å². The Labute approximate surface area is 186 Å². The summed E-state index contributed by atoms with van der Waals surface area (Å²) in [6.07, 6.45) is 0. The molecule has 0 radical (unpaired) electrons. The van der Waals surface area contributed by atoms with Crippen molar-refractivity contribution >= 4 is 44.6 Å². The fourth-order valence-electron chi connectivity index (χ4n) is 2.75. The molecule has 0 aromatic heterocycles. The van der Waals surface area contributed by atoms with E-state index in [0.717, 1.165) is 5.56 Å². The molecule has 9 heteroatoms. The fourth-order valence-corrected chi connectivity index (χ4v) is 3.95. The Bertz CT molecular complexity index is 1200. The highest BCUT2D eigenvalue weighted by Gasteiger charge is 2.18. The van der Waals surface area contributed by atoms with Crippen LogP contribution in [0.1, 0.15) is 15.9 Å². The predicted molar refractivity (Wildman–Crippen MR) is 125 cm³/mol. The van der Waals surface area contributed by atoms with Crippen molar-refractivity contribution in [3.63, 3.8) is 0 Å². The number of hydrogen-bond acceptors (Lipinski definition) is 5. The number of nitrogens with one attached hydrogen (secondary N) is 3. The van der Waals surface area contributed by atoms with E-state index in [2.05, 4.69) is 15.4 Å². The number of methoxy groups -OCH3 is 1. The summed E-state index contributed by atoms with van der Waals surface area (Å²) in [6.45, 7) is 1.96. The number of thiocarbonyl (C=S) groups is 1. The van der Waals surface area contributed by atoms with Gasteiger partial charge in [0.2, 0.25) is 0 Å². The van der Waals surface area contributed by atoms with E-state index in [0.29, 0.717) is 22.2 Å².